The molecule has 0 aromatic heterocycles. The Morgan fingerprint density at radius 2 is 2.25 bits per heavy atom. The maximum atomic E-state index is 5.62. The normalized spacial score (nSPS) is 22.6. The van der Waals surface area contributed by atoms with Gasteiger partial charge in [0.15, 0.2) is 0 Å². The second-order valence-corrected chi connectivity index (χ2v) is 4.40. The Kier molecular flexibility index (Phi) is 6.32. The molecule has 1 heterocycles. The molecule has 1 saturated heterocycles. The molecule has 0 N–H and O–H groups in total. The van der Waals surface area contributed by atoms with Crippen LogP contribution >= 0.6 is 11.6 Å². The number of hydrogen-bond donors (Lipinski definition) is 0. The Balaban J connectivity index is 2.54. The average molecular weight is 240 g/mol. The van der Waals surface area contributed by atoms with Crippen molar-refractivity contribution in [2.45, 2.75) is 33.1 Å². The summed E-state index contributed by atoms with van der Waals surface area (Å²) >= 11 is 5.62. The fourth-order valence-corrected chi connectivity index (χ4v) is 2.13. The lowest BCUT2D eigenvalue weighted by molar-refractivity contribution is 0.334. The Hall–Kier alpha value is -0.690. The van der Waals surface area contributed by atoms with Crippen LogP contribution in [0.4, 0.5) is 0 Å². The van der Waals surface area contributed by atoms with Gasteiger partial charge in [-0.1, -0.05) is 29.9 Å². The molecule has 0 aromatic rings. The summed E-state index contributed by atoms with van der Waals surface area (Å²) in [6.07, 6.45) is 12.0. The third-order valence-corrected chi connectivity index (χ3v) is 3.19. The van der Waals surface area contributed by atoms with E-state index in [-0.39, 0.29) is 0 Å². The number of nitrogens with zero attached hydrogens (tertiary/aromatic N) is 1. The number of halogens is 1. The van der Waals surface area contributed by atoms with Gasteiger partial charge in [0, 0.05) is 31.1 Å². The number of alkyl halides is 1. The Bertz CT molecular complexity index is 289. The quantitative estimate of drug-likeness (QED) is 0.668. The zero-order chi connectivity index (χ0) is 11.8. The summed E-state index contributed by atoms with van der Waals surface area (Å²) in [5.41, 5.74) is 2.99. The number of hydrogen-bond acceptors (Lipinski definition) is 1. The predicted octanol–water partition coefficient (Wildman–Crippen LogP) is 4.12. The third-order valence-electron chi connectivity index (χ3n) is 2.98. The van der Waals surface area contributed by atoms with Gasteiger partial charge in [0.2, 0.25) is 0 Å². The van der Waals surface area contributed by atoms with Crippen molar-refractivity contribution in [1.82, 2.24) is 4.90 Å². The van der Waals surface area contributed by atoms with Crippen LogP contribution in [0.25, 0.3) is 0 Å². The molecular formula is C14H22ClN. The standard InChI is InChI=1S/C14H22ClN/c1-3-14-12-13(8-6-5-7-10-15)9-11-16(14)4-2/h3,5-6,8H,4,7,9-12H2,1-2H3/b6-5-,13-8-,14-3+. The van der Waals surface area contributed by atoms with E-state index in [9.17, 15) is 0 Å². The molecule has 0 unspecified atom stereocenters. The van der Waals surface area contributed by atoms with Crippen LogP contribution in [-0.2, 0) is 0 Å². The highest BCUT2D eigenvalue weighted by atomic mass is 35.5. The summed E-state index contributed by atoms with van der Waals surface area (Å²) in [5.74, 6) is 0.712. The van der Waals surface area contributed by atoms with E-state index in [4.69, 9.17) is 11.6 Å². The Morgan fingerprint density at radius 3 is 2.88 bits per heavy atom. The Labute approximate surface area is 104 Å². The first-order chi connectivity index (χ1) is 7.81. The average Bonchev–Trinajstić information content (AvgIpc) is 2.34. The van der Waals surface area contributed by atoms with Crippen molar-refractivity contribution in [1.29, 1.82) is 0 Å². The van der Waals surface area contributed by atoms with Crippen molar-refractivity contribution in [3.63, 3.8) is 0 Å². The minimum Gasteiger partial charge on any atom is -0.375 e. The zero-order valence-electron chi connectivity index (χ0n) is 10.4. The van der Waals surface area contributed by atoms with Crippen molar-refractivity contribution in [3.05, 3.63) is 35.6 Å². The van der Waals surface area contributed by atoms with Gasteiger partial charge in [-0.25, -0.2) is 0 Å². The summed E-state index contributed by atoms with van der Waals surface area (Å²) in [6, 6.07) is 0. The second kappa shape index (κ2) is 7.56. The van der Waals surface area contributed by atoms with E-state index in [2.05, 4.69) is 43.1 Å². The molecule has 1 fully saturated rings. The maximum absolute atomic E-state index is 5.62. The van der Waals surface area contributed by atoms with E-state index in [0.717, 1.165) is 25.9 Å². The van der Waals surface area contributed by atoms with Gasteiger partial charge >= 0.3 is 0 Å². The zero-order valence-corrected chi connectivity index (χ0v) is 11.1. The van der Waals surface area contributed by atoms with E-state index >= 15 is 0 Å². The highest BCUT2D eigenvalue weighted by molar-refractivity contribution is 6.17. The van der Waals surface area contributed by atoms with Crippen molar-refractivity contribution in [2.75, 3.05) is 19.0 Å². The first-order valence-electron chi connectivity index (χ1n) is 6.12. The largest absolute Gasteiger partial charge is 0.375 e. The van der Waals surface area contributed by atoms with E-state index in [1.165, 1.54) is 17.7 Å². The van der Waals surface area contributed by atoms with E-state index in [1.54, 1.807) is 0 Å². The molecule has 0 amide bonds. The fourth-order valence-electron chi connectivity index (χ4n) is 2.01. The van der Waals surface area contributed by atoms with Crippen molar-refractivity contribution >= 4 is 11.6 Å². The van der Waals surface area contributed by atoms with E-state index in [1.807, 2.05) is 0 Å². The van der Waals surface area contributed by atoms with Gasteiger partial charge < -0.3 is 4.90 Å². The number of rotatable bonds is 4. The molecular weight excluding hydrogens is 218 g/mol. The first kappa shape index (κ1) is 13.4. The highest BCUT2D eigenvalue weighted by Crippen LogP contribution is 2.24. The predicted molar refractivity (Wildman–Crippen MR) is 72.8 cm³/mol. The number of allylic oxidation sites excluding steroid dienone is 5. The highest BCUT2D eigenvalue weighted by Gasteiger charge is 2.15. The molecule has 16 heavy (non-hydrogen) atoms. The molecule has 0 aliphatic carbocycles. The molecule has 0 radical (unpaired) electrons. The number of likely N-dealkylation sites (tertiary alicyclic amines) is 1. The maximum Gasteiger partial charge on any atom is 0.0258 e. The fraction of sp³-hybridized carbons (Fsp3) is 0.571. The van der Waals surface area contributed by atoms with Gasteiger partial charge in [-0.15, -0.1) is 11.6 Å². The first-order valence-corrected chi connectivity index (χ1v) is 6.66. The summed E-state index contributed by atoms with van der Waals surface area (Å²) < 4.78 is 0. The smallest absolute Gasteiger partial charge is 0.0258 e. The van der Waals surface area contributed by atoms with Crippen LogP contribution in [-0.4, -0.2) is 23.9 Å². The summed E-state index contributed by atoms with van der Waals surface area (Å²) in [7, 11) is 0. The van der Waals surface area contributed by atoms with Gasteiger partial charge in [0.1, 0.15) is 0 Å². The van der Waals surface area contributed by atoms with Gasteiger partial charge in [0.25, 0.3) is 0 Å². The second-order valence-electron chi connectivity index (χ2n) is 4.02. The van der Waals surface area contributed by atoms with Crippen LogP contribution in [0, 0.1) is 0 Å². The molecule has 0 aromatic carbocycles. The summed E-state index contributed by atoms with van der Waals surface area (Å²) in [5, 5.41) is 0. The lowest BCUT2D eigenvalue weighted by Crippen LogP contribution is -2.28. The molecule has 0 spiro atoms. The van der Waals surface area contributed by atoms with Crippen LogP contribution in [0.3, 0.4) is 0 Å². The van der Waals surface area contributed by atoms with Gasteiger partial charge in [-0.05, 0) is 26.7 Å². The van der Waals surface area contributed by atoms with Gasteiger partial charge in [-0.2, -0.15) is 0 Å². The molecule has 1 nitrogen and oxygen atoms in total. The third kappa shape index (κ3) is 4.05. The lowest BCUT2D eigenvalue weighted by Gasteiger charge is -2.32. The van der Waals surface area contributed by atoms with Crippen molar-refractivity contribution in [2.24, 2.45) is 0 Å². The van der Waals surface area contributed by atoms with Crippen molar-refractivity contribution in [3.8, 4) is 0 Å². The molecule has 1 aliphatic rings. The SMILES string of the molecule is C/C=C1\C/C(=C\C=C/CCCl)CCN1CC. The van der Waals surface area contributed by atoms with Crippen LogP contribution in [0.15, 0.2) is 35.6 Å². The molecule has 90 valence electrons. The minimum absolute atomic E-state index is 0.712. The van der Waals surface area contributed by atoms with E-state index < -0.39 is 0 Å². The molecule has 2 heteroatoms. The topological polar surface area (TPSA) is 3.24 Å². The van der Waals surface area contributed by atoms with Gasteiger partial charge in [0.05, 0.1) is 0 Å². The summed E-state index contributed by atoms with van der Waals surface area (Å²) in [6.45, 7) is 6.63. The van der Waals surface area contributed by atoms with Crippen molar-refractivity contribution < 1.29 is 0 Å². The monoisotopic (exact) mass is 239 g/mol. The molecule has 0 saturated carbocycles. The minimum atomic E-state index is 0.712. The summed E-state index contributed by atoms with van der Waals surface area (Å²) in [4.78, 5) is 2.46. The molecule has 0 bridgehead atoms. The molecule has 1 aliphatic heterocycles. The number of piperidine rings is 1. The van der Waals surface area contributed by atoms with Crippen LogP contribution in [0.2, 0.25) is 0 Å². The van der Waals surface area contributed by atoms with Crippen LogP contribution in [0.1, 0.15) is 33.1 Å². The van der Waals surface area contributed by atoms with Crippen LogP contribution in [0.5, 0.6) is 0 Å². The Morgan fingerprint density at radius 1 is 1.44 bits per heavy atom. The lowest BCUT2D eigenvalue weighted by atomic mass is 10.00. The molecule has 1 rings (SSSR count). The molecule has 0 atom stereocenters. The van der Waals surface area contributed by atoms with E-state index in [0.29, 0.717) is 5.88 Å². The van der Waals surface area contributed by atoms with Gasteiger partial charge in [-0.3, -0.25) is 0 Å². The van der Waals surface area contributed by atoms with Crippen LogP contribution < -0.4 is 0 Å².